The van der Waals surface area contributed by atoms with Crippen LogP contribution in [0.15, 0.2) is 48.5 Å². The molecule has 35 heavy (non-hydrogen) atoms. The van der Waals surface area contributed by atoms with Crippen molar-refractivity contribution >= 4 is 28.6 Å². The molecule has 8 nitrogen and oxygen atoms in total. The second-order valence-electron chi connectivity index (χ2n) is 8.37. The minimum atomic E-state index is -0.422. The van der Waals surface area contributed by atoms with Gasteiger partial charge in [0.15, 0.2) is 5.65 Å². The number of carbonyl (C=O) groups excluding carboxylic acids is 2. The first-order valence-electron chi connectivity index (χ1n) is 11.3. The molecular weight excluding hydrogens is 444 g/mol. The number of carbonyl (C=O) groups is 2. The number of aryl methyl sites for hydroxylation is 3. The molecule has 2 heterocycles. The normalized spacial score (nSPS) is 10.9. The highest BCUT2D eigenvalue weighted by Gasteiger charge is 2.20. The molecule has 0 aliphatic heterocycles. The number of methoxy groups -OCH3 is 2. The maximum Gasteiger partial charge on any atom is 0.337 e. The summed E-state index contributed by atoms with van der Waals surface area (Å²) in [5.41, 5.74) is 6.59. The van der Waals surface area contributed by atoms with Crippen molar-refractivity contribution in [1.29, 1.82) is 0 Å². The van der Waals surface area contributed by atoms with Gasteiger partial charge in [-0.1, -0.05) is 17.7 Å². The minimum absolute atomic E-state index is 0.149. The van der Waals surface area contributed by atoms with Gasteiger partial charge in [-0.15, -0.1) is 0 Å². The number of esters is 1. The topological polar surface area (TPSA) is 95.3 Å². The van der Waals surface area contributed by atoms with E-state index in [0.29, 0.717) is 23.6 Å². The summed E-state index contributed by atoms with van der Waals surface area (Å²) in [5.74, 6) is -0.0859. The standard InChI is InChI=1S/C27H28N4O4/c1-16-6-12-21(13-7-16)31-25-24(18(3)30-31)17(2)22(26(29-25)34-4)14-15-23(32)28-20-10-8-19(9-11-20)27(33)35-5/h6-13H,14-15H2,1-5H3,(H,28,32). The zero-order valence-corrected chi connectivity index (χ0v) is 20.5. The van der Waals surface area contributed by atoms with Gasteiger partial charge in [-0.2, -0.15) is 10.1 Å². The fourth-order valence-electron chi connectivity index (χ4n) is 4.13. The number of amides is 1. The molecule has 0 saturated heterocycles. The van der Waals surface area contributed by atoms with E-state index < -0.39 is 5.97 Å². The van der Waals surface area contributed by atoms with E-state index in [1.807, 2.05) is 49.7 Å². The van der Waals surface area contributed by atoms with Crippen LogP contribution in [0.2, 0.25) is 0 Å². The highest BCUT2D eigenvalue weighted by Crippen LogP contribution is 2.32. The van der Waals surface area contributed by atoms with Crippen molar-refractivity contribution in [3.8, 4) is 11.6 Å². The Morgan fingerprint density at radius 1 is 0.971 bits per heavy atom. The van der Waals surface area contributed by atoms with Gasteiger partial charge >= 0.3 is 5.97 Å². The van der Waals surface area contributed by atoms with E-state index in [4.69, 9.17) is 19.6 Å². The van der Waals surface area contributed by atoms with Crippen molar-refractivity contribution in [2.24, 2.45) is 0 Å². The summed E-state index contributed by atoms with van der Waals surface area (Å²) in [6, 6.07) is 14.7. The molecule has 0 fully saturated rings. The molecule has 0 atom stereocenters. The monoisotopic (exact) mass is 472 g/mol. The van der Waals surface area contributed by atoms with E-state index in [1.165, 1.54) is 12.7 Å². The van der Waals surface area contributed by atoms with Crippen molar-refractivity contribution in [2.75, 3.05) is 19.5 Å². The van der Waals surface area contributed by atoms with Crippen LogP contribution in [-0.2, 0) is 16.0 Å². The van der Waals surface area contributed by atoms with Crippen LogP contribution in [0, 0.1) is 20.8 Å². The zero-order chi connectivity index (χ0) is 25.1. The van der Waals surface area contributed by atoms with Crippen molar-refractivity contribution in [3.05, 3.63) is 76.5 Å². The van der Waals surface area contributed by atoms with Crippen molar-refractivity contribution in [2.45, 2.75) is 33.6 Å². The number of ether oxygens (including phenoxy) is 2. The highest BCUT2D eigenvalue weighted by molar-refractivity contribution is 5.93. The fraction of sp³-hybridized carbons (Fsp3) is 0.259. The van der Waals surface area contributed by atoms with Crippen LogP contribution >= 0.6 is 0 Å². The second-order valence-corrected chi connectivity index (χ2v) is 8.37. The van der Waals surface area contributed by atoms with Crippen LogP contribution in [0.4, 0.5) is 5.69 Å². The molecule has 1 amide bonds. The number of anilines is 1. The first-order valence-corrected chi connectivity index (χ1v) is 11.3. The maximum absolute atomic E-state index is 12.6. The predicted molar refractivity (Wildman–Crippen MR) is 134 cm³/mol. The average molecular weight is 473 g/mol. The van der Waals surface area contributed by atoms with Gasteiger partial charge in [0, 0.05) is 23.1 Å². The summed E-state index contributed by atoms with van der Waals surface area (Å²) >= 11 is 0. The summed E-state index contributed by atoms with van der Waals surface area (Å²) in [6.45, 7) is 6.02. The SMILES string of the molecule is COC(=O)c1ccc(NC(=O)CCc2c(OC)nc3c(c(C)nn3-c3ccc(C)cc3)c2C)cc1. The van der Waals surface area contributed by atoms with E-state index >= 15 is 0 Å². The van der Waals surface area contributed by atoms with Crippen molar-refractivity contribution in [3.63, 3.8) is 0 Å². The third-order valence-electron chi connectivity index (χ3n) is 5.99. The van der Waals surface area contributed by atoms with Crippen LogP contribution in [0.1, 0.15) is 39.2 Å². The zero-order valence-electron chi connectivity index (χ0n) is 20.5. The number of rotatable bonds is 7. The van der Waals surface area contributed by atoms with Gasteiger partial charge in [-0.05, 0) is 69.2 Å². The molecule has 180 valence electrons. The summed E-state index contributed by atoms with van der Waals surface area (Å²) < 4.78 is 12.1. The van der Waals surface area contributed by atoms with E-state index in [1.54, 1.807) is 31.4 Å². The number of hydrogen-bond donors (Lipinski definition) is 1. The Bertz CT molecular complexity index is 1390. The first-order chi connectivity index (χ1) is 16.8. The van der Waals surface area contributed by atoms with Gasteiger partial charge in [0.2, 0.25) is 11.8 Å². The van der Waals surface area contributed by atoms with Crippen molar-refractivity contribution in [1.82, 2.24) is 14.8 Å². The highest BCUT2D eigenvalue weighted by atomic mass is 16.5. The van der Waals surface area contributed by atoms with Crippen molar-refractivity contribution < 1.29 is 19.1 Å². The van der Waals surface area contributed by atoms with Gasteiger partial charge < -0.3 is 14.8 Å². The molecule has 0 aliphatic rings. The molecule has 2 aromatic carbocycles. The lowest BCUT2D eigenvalue weighted by Gasteiger charge is -2.13. The van der Waals surface area contributed by atoms with E-state index in [2.05, 4.69) is 5.32 Å². The number of fused-ring (bicyclic) bond motifs is 1. The Kier molecular flexibility index (Phi) is 6.82. The molecule has 0 unspecified atom stereocenters. The molecule has 0 saturated carbocycles. The van der Waals surface area contributed by atoms with Crippen LogP contribution in [0.3, 0.4) is 0 Å². The minimum Gasteiger partial charge on any atom is -0.481 e. The summed E-state index contributed by atoms with van der Waals surface area (Å²) in [7, 11) is 2.91. The smallest absolute Gasteiger partial charge is 0.337 e. The average Bonchev–Trinajstić information content (AvgIpc) is 3.19. The summed E-state index contributed by atoms with van der Waals surface area (Å²) in [4.78, 5) is 29.0. The van der Waals surface area contributed by atoms with Crippen LogP contribution in [0.5, 0.6) is 5.88 Å². The van der Waals surface area contributed by atoms with E-state index in [-0.39, 0.29) is 12.3 Å². The van der Waals surface area contributed by atoms with Gasteiger partial charge in [-0.25, -0.2) is 9.48 Å². The summed E-state index contributed by atoms with van der Waals surface area (Å²) in [5, 5.41) is 8.55. The first kappa shape index (κ1) is 23.9. The lowest BCUT2D eigenvalue weighted by atomic mass is 10.0. The van der Waals surface area contributed by atoms with Gasteiger partial charge in [-0.3, -0.25) is 4.79 Å². The molecule has 2 aromatic heterocycles. The van der Waals surface area contributed by atoms with Crippen LogP contribution in [0.25, 0.3) is 16.7 Å². The second kappa shape index (κ2) is 9.97. The third-order valence-corrected chi connectivity index (χ3v) is 5.99. The summed E-state index contributed by atoms with van der Waals surface area (Å²) in [6.07, 6.45) is 0.702. The quantitative estimate of drug-likeness (QED) is 0.391. The lowest BCUT2D eigenvalue weighted by molar-refractivity contribution is -0.116. The number of aromatic nitrogens is 3. The maximum atomic E-state index is 12.6. The van der Waals surface area contributed by atoms with E-state index in [0.717, 1.165) is 33.5 Å². The molecule has 0 radical (unpaired) electrons. The largest absolute Gasteiger partial charge is 0.481 e. The third kappa shape index (κ3) is 4.87. The number of benzene rings is 2. The van der Waals surface area contributed by atoms with Gasteiger partial charge in [0.05, 0.1) is 31.2 Å². The molecule has 8 heteroatoms. The number of nitrogens with one attached hydrogen (secondary N) is 1. The fourth-order valence-corrected chi connectivity index (χ4v) is 4.13. The number of nitrogens with zero attached hydrogens (tertiary/aromatic N) is 3. The Morgan fingerprint density at radius 2 is 1.66 bits per heavy atom. The predicted octanol–water partition coefficient (Wildman–Crippen LogP) is 4.71. The number of pyridine rings is 1. The molecular formula is C27H28N4O4. The van der Waals surface area contributed by atoms with Gasteiger partial charge in [0.25, 0.3) is 0 Å². The Labute approximate surface area is 203 Å². The van der Waals surface area contributed by atoms with Gasteiger partial charge in [0.1, 0.15) is 0 Å². The lowest BCUT2D eigenvalue weighted by Crippen LogP contribution is -2.13. The Hall–Kier alpha value is -4.20. The van der Waals surface area contributed by atoms with Crippen LogP contribution in [-0.4, -0.2) is 40.9 Å². The molecule has 1 N–H and O–H groups in total. The number of hydrogen-bond acceptors (Lipinski definition) is 6. The molecule has 0 spiro atoms. The molecule has 0 aliphatic carbocycles. The molecule has 4 rings (SSSR count). The van der Waals surface area contributed by atoms with Crippen LogP contribution < -0.4 is 10.1 Å². The molecule has 4 aromatic rings. The molecule has 0 bridgehead atoms. The Balaban J connectivity index is 1.57. The Morgan fingerprint density at radius 3 is 2.29 bits per heavy atom. The van der Waals surface area contributed by atoms with E-state index in [9.17, 15) is 9.59 Å².